The van der Waals surface area contributed by atoms with Crippen molar-refractivity contribution >= 4 is 22.2 Å². The standard InChI is InChI=1S/C15H13BrO3/c1-18-15-7-2-11(9-17)8-12(15)10-19-14-5-3-13(16)4-6-14/h2-9H,10H2,1H3. The molecule has 2 aromatic rings. The zero-order chi connectivity index (χ0) is 13.7. The van der Waals surface area contributed by atoms with E-state index in [1.807, 2.05) is 24.3 Å². The number of rotatable bonds is 5. The Bertz CT molecular complexity index is 564. The summed E-state index contributed by atoms with van der Waals surface area (Å²) >= 11 is 3.37. The maximum Gasteiger partial charge on any atom is 0.150 e. The Morgan fingerprint density at radius 1 is 1.16 bits per heavy atom. The van der Waals surface area contributed by atoms with Crippen molar-refractivity contribution in [3.05, 3.63) is 58.1 Å². The second kappa shape index (κ2) is 6.38. The summed E-state index contributed by atoms with van der Waals surface area (Å²) in [5.74, 6) is 1.48. The molecule has 19 heavy (non-hydrogen) atoms. The molecule has 0 N–H and O–H groups in total. The number of ether oxygens (including phenoxy) is 2. The van der Waals surface area contributed by atoms with Gasteiger partial charge in [-0.1, -0.05) is 15.9 Å². The van der Waals surface area contributed by atoms with Gasteiger partial charge in [-0.3, -0.25) is 4.79 Å². The number of halogens is 1. The van der Waals surface area contributed by atoms with Crippen LogP contribution in [0.4, 0.5) is 0 Å². The van der Waals surface area contributed by atoms with Crippen LogP contribution < -0.4 is 9.47 Å². The number of hydrogen-bond donors (Lipinski definition) is 0. The van der Waals surface area contributed by atoms with Gasteiger partial charge < -0.3 is 9.47 Å². The maximum atomic E-state index is 10.8. The van der Waals surface area contributed by atoms with Crippen molar-refractivity contribution in [2.75, 3.05) is 7.11 Å². The molecule has 4 heteroatoms. The average Bonchev–Trinajstić information content (AvgIpc) is 2.46. The van der Waals surface area contributed by atoms with E-state index in [9.17, 15) is 4.79 Å². The Kier molecular flexibility index (Phi) is 4.58. The third kappa shape index (κ3) is 3.58. The normalized spacial score (nSPS) is 10.0. The lowest BCUT2D eigenvalue weighted by Crippen LogP contribution is -1.99. The minimum atomic E-state index is 0.354. The van der Waals surface area contributed by atoms with Gasteiger partial charge in [0, 0.05) is 15.6 Å². The molecule has 0 heterocycles. The first kappa shape index (κ1) is 13.6. The highest BCUT2D eigenvalue weighted by molar-refractivity contribution is 9.10. The fourth-order valence-electron chi connectivity index (χ4n) is 1.68. The molecule has 0 aliphatic carbocycles. The zero-order valence-corrected chi connectivity index (χ0v) is 12.0. The molecule has 0 aromatic heterocycles. The van der Waals surface area contributed by atoms with Gasteiger partial charge >= 0.3 is 0 Å². The first-order chi connectivity index (χ1) is 9.22. The Balaban J connectivity index is 2.13. The first-order valence-electron chi connectivity index (χ1n) is 5.73. The van der Waals surface area contributed by atoms with Gasteiger partial charge in [0.1, 0.15) is 24.4 Å². The Morgan fingerprint density at radius 2 is 1.89 bits per heavy atom. The quantitative estimate of drug-likeness (QED) is 0.785. The largest absolute Gasteiger partial charge is 0.496 e. The van der Waals surface area contributed by atoms with Crippen molar-refractivity contribution in [3.8, 4) is 11.5 Å². The van der Waals surface area contributed by atoms with Gasteiger partial charge in [0.05, 0.1) is 7.11 Å². The Hall–Kier alpha value is -1.81. The van der Waals surface area contributed by atoms with Crippen molar-refractivity contribution in [2.45, 2.75) is 6.61 Å². The van der Waals surface area contributed by atoms with E-state index >= 15 is 0 Å². The van der Waals surface area contributed by atoms with Crippen molar-refractivity contribution in [2.24, 2.45) is 0 Å². The van der Waals surface area contributed by atoms with Gasteiger partial charge in [0.2, 0.25) is 0 Å². The molecular weight excluding hydrogens is 308 g/mol. The van der Waals surface area contributed by atoms with Crippen molar-refractivity contribution in [1.29, 1.82) is 0 Å². The second-order valence-corrected chi connectivity index (χ2v) is 4.85. The van der Waals surface area contributed by atoms with E-state index < -0.39 is 0 Å². The van der Waals surface area contributed by atoms with Crippen LogP contribution in [-0.2, 0) is 6.61 Å². The molecule has 2 aromatic carbocycles. The molecule has 0 amide bonds. The van der Waals surface area contributed by atoms with E-state index in [1.165, 1.54) is 0 Å². The Morgan fingerprint density at radius 3 is 2.53 bits per heavy atom. The van der Waals surface area contributed by atoms with Crippen LogP contribution in [0.25, 0.3) is 0 Å². The summed E-state index contributed by atoms with van der Waals surface area (Å²) in [5, 5.41) is 0. The molecule has 0 aliphatic rings. The molecule has 0 fully saturated rings. The van der Waals surface area contributed by atoms with Crippen molar-refractivity contribution in [3.63, 3.8) is 0 Å². The van der Waals surface area contributed by atoms with Crippen LogP contribution in [0, 0.1) is 0 Å². The van der Waals surface area contributed by atoms with Crippen LogP contribution in [0.5, 0.6) is 11.5 Å². The Labute approximate surface area is 120 Å². The lowest BCUT2D eigenvalue weighted by molar-refractivity contribution is 0.112. The molecule has 0 saturated heterocycles. The van der Waals surface area contributed by atoms with E-state index in [2.05, 4.69) is 15.9 Å². The zero-order valence-electron chi connectivity index (χ0n) is 10.4. The maximum absolute atomic E-state index is 10.8. The summed E-state index contributed by atoms with van der Waals surface area (Å²) in [6.45, 7) is 0.354. The number of benzene rings is 2. The number of aldehydes is 1. The average molecular weight is 321 g/mol. The fraction of sp³-hybridized carbons (Fsp3) is 0.133. The number of hydrogen-bond acceptors (Lipinski definition) is 3. The molecule has 3 nitrogen and oxygen atoms in total. The molecular formula is C15H13BrO3. The molecule has 2 rings (SSSR count). The summed E-state index contributed by atoms with van der Waals surface area (Å²) in [4.78, 5) is 10.8. The molecule has 0 atom stereocenters. The highest BCUT2D eigenvalue weighted by Crippen LogP contribution is 2.22. The highest BCUT2D eigenvalue weighted by atomic mass is 79.9. The van der Waals surface area contributed by atoms with Crippen molar-refractivity contribution in [1.82, 2.24) is 0 Å². The highest BCUT2D eigenvalue weighted by Gasteiger charge is 2.05. The predicted molar refractivity (Wildman–Crippen MR) is 76.9 cm³/mol. The van der Waals surface area contributed by atoms with Crippen molar-refractivity contribution < 1.29 is 14.3 Å². The monoisotopic (exact) mass is 320 g/mol. The molecule has 0 radical (unpaired) electrons. The van der Waals surface area contributed by atoms with E-state index in [4.69, 9.17) is 9.47 Å². The molecule has 0 bridgehead atoms. The summed E-state index contributed by atoms with van der Waals surface area (Å²) in [7, 11) is 1.60. The summed E-state index contributed by atoms with van der Waals surface area (Å²) < 4.78 is 11.9. The minimum absolute atomic E-state index is 0.354. The SMILES string of the molecule is COc1ccc(C=O)cc1COc1ccc(Br)cc1. The third-order valence-electron chi connectivity index (χ3n) is 2.65. The molecule has 0 unspecified atom stereocenters. The van der Waals surface area contributed by atoms with Crippen LogP contribution in [0.3, 0.4) is 0 Å². The van der Waals surface area contributed by atoms with E-state index in [0.717, 1.165) is 22.1 Å². The van der Waals surface area contributed by atoms with E-state index in [-0.39, 0.29) is 0 Å². The summed E-state index contributed by atoms with van der Waals surface area (Å²) in [5.41, 5.74) is 1.45. The van der Waals surface area contributed by atoms with Gasteiger partial charge in [-0.25, -0.2) is 0 Å². The molecule has 0 aliphatic heterocycles. The fourth-order valence-corrected chi connectivity index (χ4v) is 1.94. The number of carbonyl (C=O) groups excluding carboxylic acids is 1. The topological polar surface area (TPSA) is 35.5 Å². The predicted octanol–water partition coefficient (Wildman–Crippen LogP) is 3.85. The minimum Gasteiger partial charge on any atom is -0.496 e. The van der Waals surface area contributed by atoms with Gasteiger partial charge in [-0.2, -0.15) is 0 Å². The lowest BCUT2D eigenvalue weighted by atomic mass is 10.1. The van der Waals surface area contributed by atoms with Crippen LogP contribution in [0.15, 0.2) is 46.9 Å². The van der Waals surface area contributed by atoms with Crippen LogP contribution in [0.1, 0.15) is 15.9 Å². The smallest absolute Gasteiger partial charge is 0.150 e. The van der Waals surface area contributed by atoms with E-state index in [1.54, 1.807) is 25.3 Å². The summed E-state index contributed by atoms with van der Waals surface area (Å²) in [6, 6.07) is 12.8. The van der Waals surface area contributed by atoms with Gasteiger partial charge in [-0.05, 0) is 42.5 Å². The van der Waals surface area contributed by atoms with Gasteiger partial charge in [0.15, 0.2) is 0 Å². The summed E-state index contributed by atoms with van der Waals surface area (Å²) in [6.07, 6.45) is 0.808. The second-order valence-electron chi connectivity index (χ2n) is 3.93. The lowest BCUT2D eigenvalue weighted by Gasteiger charge is -2.11. The van der Waals surface area contributed by atoms with Gasteiger partial charge in [-0.15, -0.1) is 0 Å². The molecule has 0 saturated carbocycles. The van der Waals surface area contributed by atoms with Crippen LogP contribution in [-0.4, -0.2) is 13.4 Å². The van der Waals surface area contributed by atoms with Gasteiger partial charge in [0.25, 0.3) is 0 Å². The number of carbonyl (C=O) groups is 1. The first-order valence-corrected chi connectivity index (χ1v) is 6.52. The van der Waals surface area contributed by atoms with Crippen LogP contribution >= 0.6 is 15.9 Å². The number of methoxy groups -OCH3 is 1. The van der Waals surface area contributed by atoms with Crippen LogP contribution in [0.2, 0.25) is 0 Å². The van der Waals surface area contributed by atoms with E-state index in [0.29, 0.717) is 17.9 Å². The molecule has 98 valence electrons. The third-order valence-corrected chi connectivity index (χ3v) is 3.18. The molecule has 0 spiro atoms.